The number of nitrogen functional groups attached to an aromatic ring is 1. The van der Waals surface area contributed by atoms with E-state index in [1.165, 1.54) is 0 Å². The van der Waals surface area contributed by atoms with E-state index < -0.39 is 11.5 Å². The second-order valence-electron chi connectivity index (χ2n) is 4.48. The van der Waals surface area contributed by atoms with Crippen LogP contribution in [0.25, 0.3) is 11.5 Å². The highest BCUT2D eigenvalue weighted by molar-refractivity contribution is 5.74. The molecule has 0 aliphatic rings. The van der Waals surface area contributed by atoms with E-state index in [1.807, 2.05) is 13.0 Å². The number of hydrogen-bond acceptors (Lipinski definition) is 6. The number of nitrogens with one attached hydrogen (secondary N) is 1. The number of esters is 1. The lowest BCUT2D eigenvalue weighted by atomic mass is 10.2. The minimum absolute atomic E-state index is 0.00473. The fourth-order valence-corrected chi connectivity index (χ4v) is 1.83. The van der Waals surface area contributed by atoms with Crippen LogP contribution in [0.3, 0.4) is 0 Å². The van der Waals surface area contributed by atoms with E-state index in [4.69, 9.17) is 10.5 Å². The Morgan fingerprint density at radius 2 is 2.24 bits per heavy atom. The van der Waals surface area contributed by atoms with Gasteiger partial charge in [-0.2, -0.15) is 0 Å². The Balaban J connectivity index is 2.37. The van der Waals surface area contributed by atoms with Gasteiger partial charge in [-0.3, -0.25) is 14.6 Å². The summed E-state index contributed by atoms with van der Waals surface area (Å²) < 4.78 is 4.80. The maximum absolute atomic E-state index is 12.0. The number of hydrogen-bond donors (Lipinski definition) is 2. The number of anilines is 1. The highest BCUT2D eigenvalue weighted by atomic mass is 16.5. The van der Waals surface area contributed by atoms with Crippen molar-refractivity contribution in [3.8, 4) is 11.5 Å². The van der Waals surface area contributed by atoms with E-state index in [9.17, 15) is 9.59 Å². The number of carbonyl (C=O) groups excluding carboxylic acids is 1. The predicted molar refractivity (Wildman–Crippen MR) is 77.6 cm³/mol. The third-order valence-electron chi connectivity index (χ3n) is 2.83. The zero-order valence-corrected chi connectivity index (χ0v) is 11.8. The van der Waals surface area contributed by atoms with Gasteiger partial charge < -0.3 is 15.5 Å². The lowest BCUT2D eigenvalue weighted by molar-refractivity contribution is -0.142. The number of H-pyrrole nitrogens is 1. The van der Waals surface area contributed by atoms with E-state index >= 15 is 0 Å². The van der Waals surface area contributed by atoms with Crippen LogP contribution in [0.1, 0.15) is 18.1 Å². The molecule has 3 N–H and O–H groups in total. The quantitative estimate of drug-likeness (QED) is 0.806. The molecule has 0 fully saturated rings. The average Bonchev–Trinajstić information content (AvgIpc) is 2.43. The van der Waals surface area contributed by atoms with Crippen molar-refractivity contribution >= 4 is 11.8 Å². The highest BCUT2D eigenvalue weighted by Gasteiger charge is 2.15. The van der Waals surface area contributed by atoms with Crippen LogP contribution in [0.5, 0.6) is 0 Å². The van der Waals surface area contributed by atoms with E-state index in [2.05, 4.69) is 15.0 Å². The first-order chi connectivity index (χ1) is 10.0. The first kappa shape index (κ1) is 14.7. The third kappa shape index (κ3) is 3.44. The van der Waals surface area contributed by atoms with Gasteiger partial charge in [-0.1, -0.05) is 0 Å². The van der Waals surface area contributed by atoms with Crippen LogP contribution >= 0.6 is 0 Å². The minimum atomic E-state index is -0.516. The standard InChI is InChI=1S/C14H16N4O3/c1-3-21-11(19)7-9-12(15)17-13(18-14(9)20)10-6-8(2)4-5-16-10/h4-6H,3,7H2,1-2H3,(H3,15,17,18,20). The van der Waals surface area contributed by atoms with Gasteiger partial charge in [0.05, 0.1) is 18.6 Å². The molecule has 0 saturated carbocycles. The van der Waals surface area contributed by atoms with Gasteiger partial charge in [0.2, 0.25) is 0 Å². The Labute approximate surface area is 121 Å². The molecule has 7 nitrogen and oxygen atoms in total. The topological polar surface area (TPSA) is 111 Å². The number of rotatable bonds is 4. The minimum Gasteiger partial charge on any atom is -0.466 e. The molecule has 0 aliphatic heterocycles. The summed E-state index contributed by atoms with van der Waals surface area (Å²) in [5.41, 5.74) is 6.91. The largest absolute Gasteiger partial charge is 0.466 e. The smallest absolute Gasteiger partial charge is 0.310 e. The molecule has 7 heteroatoms. The molecule has 2 rings (SSSR count). The number of aromatic amines is 1. The maximum atomic E-state index is 12.0. The number of aromatic nitrogens is 3. The van der Waals surface area contributed by atoms with Gasteiger partial charge in [-0.15, -0.1) is 0 Å². The summed E-state index contributed by atoms with van der Waals surface area (Å²) in [4.78, 5) is 34.3. The van der Waals surface area contributed by atoms with Crippen molar-refractivity contribution in [2.45, 2.75) is 20.3 Å². The molecular formula is C14H16N4O3. The average molecular weight is 288 g/mol. The summed E-state index contributed by atoms with van der Waals surface area (Å²) in [7, 11) is 0. The van der Waals surface area contributed by atoms with Crippen molar-refractivity contribution in [3.63, 3.8) is 0 Å². The maximum Gasteiger partial charge on any atom is 0.310 e. The van der Waals surface area contributed by atoms with Gasteiger partial charge in [-0.05, 0) is 31.5 Å². The summed E-state index contributed by atoms with van der Waals surface area (Å²) >= 11 is 0. The molecule has 110 valence electrons. The molecule has 2 aromatic heterocycles. The van der Waals surface area contributed by atoms with Crippen LogP contribution in [0.2, 0.25) is 0 Å². The number of pyridine rings is 1. The molecular weight excluding hydrogens is 272 g/mol. The van der Waals surface area contributed by atoms with Crippen LogP contribution < -0.4 is 11.3 Å². The number of ether oxygens (including phenoxy) is 1. The SMILES string of the molecule is CCOC(=O)Cc1c(N)nc(-c2cc(C)ccn2)[nH]c1=O. The Bertz CT molecular complexity index is 724. The second kappa shape index (κ2) is 6.17. The van der Waals surface area contributed by atoms with E-state index in [1.54, 1.807) is 19.2 Å². The van der Waals surface area contributed by atoms with Gasteiger partial charge in [0.1, 0.15) is 11.5 Å². The lowest BCUT2D eigenvalue weighted by Gasteiger charge is -2.07. The number of carbonyl (C=O) groups is 1. The van der Waals surface area contributed by atoms with Gasteiger partial charge in [0.25, 0.3) is 5.56 Å². The second-order valence-corrected chi connectivity index (χ2v) is 4.48. The van der Waals surface area contributed by atoms with E-state index in [-0.39, 0.29) is 30.2 Å². The molecule has 0 atom stereocenters. The highest BCUT2D eigenvalue weighted by Crippen LogP contribution is 2.14. The fourth-order valence-electron chi connectivity index (χ4n) is 1.83. The predicted octanol–water partition coefficient (Wildman–Crippen LogP) is 0.828. The normalized spacial score (nSPS) is 10.4. The number of nitrogens with zero attached hydrogens (tertiary/aromatic N) is 2. The molecule has 0 radical (unpaired) electrons. The molecule has 0 bridgehead atoms. The molecule has 0 aromatic carbocycles. The molecule has 0 unspecified atom stereocenters. The van der Waals surface area contributed by atoms with Crippen LogP contribution in [0.4, 0.5) is 5.82 Å². The zero-order chi connectivity index (χ0) is 15.4. The summed E-state index contributed by atoms with van der Waals surface area (Å²) in [6, 6.07) is 3.61. The van der Waals surface area contributed by atoms with Crippen molar-refractivity contribution in [2.75, 3.05) is 12.3 Å². The van der Waals surface area contributed by atoms with Crippen molar-refractivity contribution < 1.29 is 9.53 Å². The monoisotopic (exact) mass is 288 g/mol. The van der Waals surface area contributed by atoms with Crippen molar-refractivity contribution in [2.24, 2.45) is 0 Å². The Hall–Kier alpha value is -2.70. The molecule has 0 aliphatic carbocycles. The van der Waals surface area contributed by atoms with Crippen molar-refractivity contribution in [1.29, 1.82) is 0 Å². The third-order valence-corrected chi connectivity index (χ3v) is 2.83. The molecule has 0 spiro atoms. The van der Waals surface area contributed by atoms with E-state index in [0.29, 0.717) is 5.69 Å². The van der Waals surface area contributed by atoms with Crippen LogP contribution in [0, 0.1) is 6.92 Å². The first-order valence-electron chi connectivity index (χ1n) is 6.48. The van der Waals surface area contributed by atoms with Crippen LogP contribution in [-0.4, -0.2) is 27.5 Å². The zero-order valence-electron chi connectivity index (χ0n) is 11.8. The summed E-state index contributed by atoms with van der Waals surface area (Å²) in [6.45, 7) is 3.84. The Morgan fingerprint density at radius 3 is 2.86 bits per heavy atom. The molecule has 0 saturated heterocycles. The van der Waals surface area contributed by atoms with Gasteiger partial charge in [0, 0.05) is 6.20 Å². The molecule has 2 aromatic rings. The van der Waals surface area contributed by atoms with E-state index in [0.717, 1.165) is 5.56 Å². The van der Waals surface area contributed by atoms with Gasteiger partial charge in [-0.25, -0.2) is 4.98 Å². The van der Waals surface area contributed by atoms with Crippen molar-refractivity contribution in [1.82, 2.24) is 15.0 Å². The molecule has 21 heavy (non-hydrogen) atoms. The lowest BCUT2D eigenvalue weighted by Crippen LogP contribution is -2.22. The number of nitrogens with two attached hydrogens (primary N) is 1. The summed E-state index contributed by atoms with van der Waals surface area (Å²) in [5.74, 6) is -0.239. The first-order valence-corrected chi connectivity index (χ1v) is 6.48. The van der Waals surface area contributed by atoms with Gasteiger partial charge in [0.15, 0.2) is 5.82 Å². The van der Waals surface area contributed by atoms with Crippen LogP contribution in [0.15, 0.2) is 23.1 Å². The number of aryl methyl sites for hydroxylation is 1. The Kier molecular flexibility index (Phi) is 4.32. The van der Waals surface area contributed by atoms with Gasteiger partial charge >= 0.3 is 5.97 Å². The van der Waals surface area contributed by atoms with Crippen molar-refractivity contribution in [3.05, 3.63) is 39.8 Å². The summed E-state index contributed by atoms with van der Waals surface area (Å²) in [6.07, 6.45) is 1.41. The fraction of sp³-hybridized carbons (Fsp3) is 0.286. The molecule has 2 heterocycles. The van der Waals surface area contributed by atoms with Crippen LogP contribution in [-0.2, 0) is 16.0 Å². The molecule has 0 amide bonds. The summed E-state index contributed by atoms with van der Waals surface area (Å²) in [5, 5.41) is 0. The Morgan fingerprint density at radius 1 is 1.48 bits per heavy atom.